The lowest BCUT2D eigenvalue weighted by Gasteiger charge is -2.22. The van der Waals surface area contributed by atoms with Crippen LogP contribution in [0.25, 0.3) is 11.1 Å². The third-order valence-corrected chi connectivity index (χ3v) is 6.72. The van der Waals surface area contributed by atoms with Gasteiger partial charge in [-0.25, -0.2) is 4.79 Å². The van der Waals surface area contributed by atoms with Crippen molar-refractivity contribution in [3.63, 3.8) is 0 Å². The van der Waals surface area contributed by atoms with Gasteiger partial charge in [-0.05, 0) is 35.1 Å². The molecule has 0 radical (unpaired) electrons. The van der Waals surface area contributed by atoms with Crippen LogP contribution < -0.4 is 0 Å². The van der Waals surface area contributed by atoms with Crippen molar-refractivity contribution >= 4 is 12.4 Å². The van der Waals surface area contributed by atoms with E-state index in [4.69, 9.17) is 9.47 Å². The van der Waals surface area contributed by atoms with E-state index in [1.54, 1.807) is 4.90 Å². The number of hydrogen-bond donors (Lipinski definition) is 0. The van der Waals surface area contributed by atoms with Gasteiger partial charge in [0.15, 0.2) is 0 Å². The second-order valence-electron chi connectivity index (χ2n) is 8.56. The zero-order chi connectivity index (χ0) is 20.5. The highest BCUT2D eigenvalue weighted by atomic mass is 16.6. The van der Waals surface area contributed by atoms with Crippen molar-refractivity contribution in [1.82, 2.24) is 4.90 Å². The Labute approximate surface area is 177 Å². The number of rotatable bonds is 5. The second kappa shape index (κ2) is 8.23. The van der Waals surface area contributed by atoms with E-state index in [9.17, 15) is 9.59 Å². The fraction of sp³-hybridized carbons (Fsp3) is 0.440. The molecule has 3 aliphatic rings. The molecular weight excluding hydrogens is 378 g/mol. The summed E-state index contributed by atoms with van der Waals surface area (Å²) in [5.41, 5.74) is 4.77. The minimum atomic E-state index is -0.466. The van der Waals surface area contributed by atoms with Crippen molar-refractivity contribution in [2.75, 3.05) is 13.2 Å². The molecule has 2 atom stereocenters. The molecule has 30 heavy (non-hydrogen) atoms. The highest BCUT2D eigenvalue weighted by molar-refractivity contribution is 5.79. The van der Waals surface area contributed by atoms with Gasteiger partial charge in [0.2, 0.25) is 0 Å². The first-order valence-corrected chi connectivity index (χ1v) is 11.0. The molecule has 1 amide bonds. The van der Waals surface area contributed by atoms with E-state index in [2.05, 4.69) is 24.3 Å². The Morgan fingerprint density at radius 3 is 2.23 bits per heavy atom. The highest BCUT2D eigenvalue weighted by Gasteiger charge is 2.39. The molecule has 2 aromatic rings. The molecular formula is C25H27NO4. The summed E-state index contributed by atoms with van der Waals surface area (Å²) in [6.45, 7) is 0.694. The number of carbonyl (C=O) groups excluding carboxylic acids is 2. The predicted octanol–water partition coefficient (Wildman–Crippen LogP) is 4.54. The van der Waals surface area contributed by atoms with Gasteiger partial charge in [-0.2, -0.15) is 0 Å². The number of aldehydes is 1. The number of benzene rings is 2. The number of amides is 1. The lowest BCUT2D eigenvalue weighted by molar-refractivity contribution is -0.111. The van der Waals surface area contributed by atoms with E-state index in [1.807, 2.05) is 24.3 Å². The molecule has 5 nitrogen and oxygen atoms in total. The second-order valence-corrected chi connectivity index (χ2v) is 8.56. The normalized spacial score (nSPS) is 23.4. The Hall–Kier alpha value is -2.66. The summed E-state index contributed by atoms with van der Waals surface area (Å²) in [5, 5.41) is 0. The first kappa shape index (κ1) is 19.3. The average molecular weight is 405 g/mol. The molecule has 5 rings (SSSR count). The van der Waals surface area contributed by atoms with Crippen molar-refractivity contribution in [3.8, 4) is 11.1 Å². The van der Waals surface area contributed by atoms with Gasteiger partial charge in [0.05, 0.1) is 24.8 Å². The van der Waals surface area contributed by atoms with E-state index in [0.29, 0.717) is 13.0 Å². The summed E-state index contributed by atoms with van der Waals surface area (Å²) >= 11 is 0. The molecule has 1 saturated carbocycles. The van der Waals surface area contributed by atoms with Crippen molar-refractivity contribution in [2.24, 2.45) is 0 Å². The van der Waals surface area contributed by atoms with Crippen LogP contribution in [0.5, 0.6) is 0 Å². The Bertz CT molecular complexity index is 891. The summed E-state index contributed by atoms with van der Waals surface area (Å²) in [6.07, 6.45) is 5.72. The van der Waals surface area contributed by atoms with Crippen LogP contribution in [0.1, 0.15) is 49.1 Å². The van der Waals surface area contributed by atoms with E-state index in [1.165, 1.54) is 35.1 Å². The van der Waals surface area contributed by atoms with Gasteiger partial charge >= 0.3 is 6.09 Å². The summed E-state index contributed by atoms with van der Waals surface area (Å²) in [7, 11) is 0. The van der Waals surface area contributed by atoms with Gasteiger partial charge in [0.1, 0.15) is 12.9 Å². The van der Waals surface area contributed by atoms with Crippen LogP contribution in [0.15, 0.2) is 48.5 Å². The van der Waals surface area contributed by atoms with Gasteiger partial charge in [0, 0.05) is 12.3 Å². The molecule has 0 bridgehead atoms. The molecule has 2 aliphatic carbocycles. The van der Waals surface area contributed by atoms with Crippen LogP contribution in [-0.2, 0) is 14.3 Å². The Morgan fingerprint density at radius 1 is 0.967 bits per heavy atom. The molecule has 0 spiro atoms. The third kappa shape index (κ3) is 3.52. The summed E-state index contributed by atoms with van der Waals surface area (Å²) in [6, 6.07) is 16.1. The molecule has 1 aliphatic heterocycles. The molecule has 2 aromatic carbocycles. The maximum atomic E-state index is 12.9. The highest BCUT2D eigenvalue weighted by Crippen LogP contribution is 2.44. The van der Waals surface area contributed by atoms with Crippen LogP contribution >= 0.6 is 0 Å². The fourth-order valence-corrected chi connectivity index (χ4v) is 5.24. The van der Waals surface area contributed by atoms with Crippen LogP contribution in [0.4, 0.5) is 4.79 Å². The SMILES string of the molecule is O=C[C@@H]1C[C@@H](OC2CCCC2)CN1C(=O)OCC1c2ccccc2-c2ccccc21. The first-order chi connectivity index (χ1) is 14.7. The topological polar surface area (TPSA) is 55.8 Å². The maximum absolute atomic E-state index is 12.9. The Kier molecular flexibility index (Phi) is 5.30. The molecule has 1 saturated heterocycles. The summed E-state index contributed by atoms with van der Waals surface area (Å²) in [5.74, 6) is 0.0177. The van der Waals surface area contributed by atoms with Crippen molar-refractivity contribution in [1.29, 1.82) is 0 Å². The molecule has 0 unspecified atom stereocenters. The predicted molar refractivity (Wildman–Crippen MR) is 113 cm³/mol. The average Bonchev–Trinajstić information content (AvgIpc) is 3.50. The van der Waals surface area contributed by atoms with Crippen molar-refractivity contribution in [2.45, 2.75) is 56.3 Å². The zero-order valence-corrected chi connectivity index (χ0v) is 17.0. The minimum absolute atomic E-state index is 0.0177. The molecule has 5 heteroatoms. The number of carbonyl (C=O) groups is 2. The number of fused-ring (bicyclic) bond motifs is 3. The fourth-order valence-electron chi connectivity index (χ4n) is 5.24. The number of hydrogen-bond acceptors (Lipinski definition) is 4. The van der Waals surface area contributed by atoms with E-state index in [-0.39, 0.29) is 24.7 Å². The Balaban J connectivity index is 1.26. The zero-order valence-electron chi connectivity index (χ0n) is 17.0. The van der Waals surface area contributed by atoms with E-state index >= 15 is 0 Å². The van der Waals surface area contributed by atoms with Gasteiger partial charge in [-0.15, -0.1) is 0 Å². The molecule has 2 fully saturated rings. The van der Waals surface area contributed by atoms with E-state index < -0.39 is 12.1 Å². The third-order valence-electron chi connectivity index (χ3n) is 6.72. The quantitative estimate of drug-likeness (QED) is 0.686. The van der Waals surface area contributed by atoms with Crippen LogP contribution in [0, 0.1) is 0 Å². The molecule has 0 aromatic heterocycles. The van der Waals surface area contributed by atoms with Crippen LogP contribution in [0.2, 0.25) is 0 Å². The lowest BCUT2D eigenvalue weighted by atomic mass is 9.98. The maximum Gasteiger partial charge on any atom is 0.410 e. The number of nitrogens with zero attached hydrogens (tertiary/aromatic N) is 1. The van der Waals surface area contributed by atoms with E-state index in [0.717, 1.165) is 19.1 Å². The smallest absolute Gasteiger partial charge is 0.410 e. The van der Waals surface area contributed by atoms with Gasteiger partial charge in [-0.1, -0.05) is 61.4 Å². The summed E-state index contributed by atoms with van der Waals surface area (Å²) in [4.78, 5) is 26.0. The number of likely N-dealkylation sites (tertiary alicyclic amines) is 1. The minimum Gasteiger partial charge on any atom is -0.448 e. The number of ether oxygens (including phenoxy) is 2. The molecule has 156 valence electrons. The van der Waals surface area contributed by atoms with Crippen LogP contribution in [0.3, 0.4) is 0 Å². The molecule has 0 N–H and O–H groups in total. The van der Waals surface area contributed by atoms with Gasteiger partial charge in [-0.3, -0.25) is 4.90 Å². The molecule has 1 heterocycles. The summed E-state index contributed by atoms with van der Waals surface area (Å²) < 4.78 is 11.9. The standard InChI is InChI=1S/C25H27NO4/c27-15-17-13-19(30-18-7-1-2-8-18)14-26(17)25(28)29-16-24-22-11-5-3-9-20(22)21-10-4-6-12-23(21)24/h3-6,9-12,15,17-19,24H,1-2,7-8,13-14,16H2/t17-,19+/m0/s1. The lowest BCUT2D eigenvalue weighted by Crippen LogP contribution is -2.38. The monoisotopic (exact) mass is 405 g/mol. The largest absolute Gasteiger partial charge is 0.448 e. The van der Waals surface area contributed by atoms with Crippen LogP contribution in [-0.4, -0.2) is 48.7 Å². The van der Waals surface area contributed by atoms with Crippen molar-refractivity contribution in [3.05, 3.63) is 59.7 Å². The Morgan fingerprint density at radius 2 is 1.60 bits per heavy atom. The first-order valence-electron chi connectivity index (χ1n) is 11.0. The van der Waals surface area contributed by atoms with Gasteiger partial charge < -0.3 is 14.3 Å². The van der Waals surface area contributed by atoms with Crippen molar-refractivity contribution < 1.29 is 19.1 Å². The van der Waals surface area contributed by atoms with Gasteiger partial charge in [0.25, 0.3) is 0 Å².